The van der Waals surface area contributed by atoms with Gasteiger partial charge in [0, 0.05) is 24.3 Å². The Hall–Kier alpha value is -2.08. The number of nitrogens with two attached hydrogens (primary N) is 1. The molecule has 108 valence electrons. The van der Waals surface area contributed by atoms with E-state index in [0.717, 1.165) is 6.42 Å². The van der Waals surface area contributed by atoms with Crippen LogP contribution in [-0.4, -0.2) is 40.6 Å². The van der Waals surface area contributed by atoms with Gasteiger partial charge < -0.3 is 21.1 Å². The van der Waals surface area contributed by atoms with Gasteiger partial charge in [0.2, 0.25) is 0 Å². The zero-order valence-electron chi connectivity index (χ0n) is 11.4. The lowest BCUT2D eigenvalue weighted by molar-refractivity contribution is -0.0107. The van der Waals surface area contributed by atoms with E-state index >= 15 is 0 Å². The van der Waals surface area contributed by atoms with Crippen LogP contribution in [0.5, 0.6) is 0 Å². The summed E-state index contributed by atoms with van der Waals surface area (Å²) in [5, 5.41) is 12.5. The standard InChI is InChI=1S/C14H19N3O3/c1-14(20)7-2-8-17(9-14)12(18)10-3-5-11(6-4-10)16-13(15)19/h3-6,20H,2,7-9H2,1H3,(H3,15,16,19). The fourth-order valence-corrected chi connectivity index (χ4v) is 2.41. The van der Waals surface area contributed by atoms with Crippen molar-refractivity contribution < 1.29 is 14.7 Å². The predicted octanol–water partition coefficient (Wildman–Crippen LogP) is 1.16. The van der Waals surface area contributed by atoms with Gasteiger partial charge in [0.05, 0.1) is 5.60 Å². The summed E-state index contributed by atoms with van der Waals surface area (Å²) >= 11 is 0. The number of primary amides is 1. The predicted molar refractivity (Wildman–Crippen MR) is 75.4 cm³/mol. The van der Waals surface area contributed by atoms with Crippen molar-refractivity contribution in [2.75, 3.05) is 18.4 Å². The summed E-state index contributed by atoms with van der Waals surface area (Å²) in [5.74, 6) is -0.115. The third kappa shape index (κ3) is 3.48. The molecule has 1 heterocycles. The number of hydrogen-bond donors (Lipinski definition) is 3. The Morgan fingerprint density at radius 2 is 2.00 bits per heavy atom. The summed E-state index contributed by atoms with van der Waals surface area (Å²) in [7, 11) is 0. The van der Waals surface area contributed by atoms with Crippen molar-refractivity contribution in [1.29, 1.82) is 0 Å². The van der Waals surface area contributed by atoms with Crippen LogP contribution in [0.1, 0.15) is 30.1 Å². The summed E-state index contributed by atoms with van der Waals surface area (Å²) in [6, 6.07) is 5.88. The summed E-state index contributed by atoms with van der Waals surface area (Å²) in [4.78, 5) is 24.7. The Bertz CT molecular complexity index is 511. The number of carbonyl (C=O) groups excluding carboxylic acids is 2. The third-order valence-electron chi connectivity index (χ3n) is 3.36. The van der Waals surface area contributed by atoms with Crippen LogP contribution in [0.4, 0.5) is 10.5 Å². The molecule has 2 rings (SSSR count). The second kappa shape index (κ2) is 5.50. The van der Waals surface area contributed by atoms with Crippen LogP contribution in [-0.2, 0) is 0 Å². The highest BCUT2D eigenvalue weighted by Gasteiger charge is 2.31. The van der Waals surface area contributed by atoms with Crippen molar-refractivity contribution in [3.8, 4) is 0 Å². The van der Waals surface area contributed by atoms with Crippen molar-refractivity contribution in [3.63, 3.8) is 0 Å². The minimum absolute atomic E-state index is 0.115. The molecule has 0 spiro atoms. The number of piperidine rings is 1. The normalized spacial score (nSPS) is 22.4. The largest absolute Gasteiger partial charge is 0.388 e. The highest BCUT2D eigenvalue weighted by molar-refractivity contribution is 5.95. The van der Waals surface area contributed by atoms with Crippen LogP contribution in [0.15, 0.2) is 24.3 Å². The number of anilines is 1. The van der Waals surface area contributed by atoms with E-state index in [1.54, 1.807) is 36.1 Å². The lowest BCUT2D eigenvalue weighted by Crippen LogP contribution is -2.48. The van der Waals surface area contributed by atoms with Crippen molar-refractivity contribution in [1.82, 2.24) is 4.90 Å². The van der Waals surface area contributed by atoms with Gasteiger partial charge in [-0.2, -0.15) is 0 Å². The monoisotopic (exact) mass is 277 g/mol. The van der Waals surface area contributed by atoms with E-state index in [1.807, 2.05) is 0 Å². The highest BCUT2D eigenvalue weighted by Crippen LogP contribution is 2.22. The molecule has 6 heteroatoms. The summed E-state index contributed by atoms with van der Waals surface area (Å²) in [6.45, 7) is 2.73. The van der Waals surface area contributed by atoms with Crippen molar-refractivity contribution in [2.24, 2.45) is 5.73 Å². The third-order valence-corrected chi connectivity index (χ3v) is 3.36. The van der Waals surface area contributed by atoms with Gasteiger partial charge in [0.15, 0.2) is 0 Å². The molecule has 4 N–H and O–H groups in total. The Kier molecular flexibility index (Phi) is 3.94. The van der Waals surface area contributed by atoms with E-state index in [-0.39, 0.29) is 5.91 Å². The first-order valence-electron chi connectivity index (χ1n) is 6.56. The molecule has 0 saturated carbocycles. The summed E-state index contributed by atoms with van der Waals surface area (Å²) in [5.41, 5.74) is 5.27. The Labute approximate surface area is 117 Å². The molecule has 0 aromatic heterocycles. The van der Waals surface area contributed by atoms with Crippen LogP contribution >= 0.6 is 0 Å². The number of likely N-dealkylation sites (tertiary alicyclic amines) is 1. The van der Waals surface area contributed by atoms with Crippen LogP contribution in [0.3, 0.4) is 0 Å². The minimum atomic E-state index is -0.818. The summed E-state index contributed by atoms with van der Waals surface area (Å²) < 4.78 is 0. The maximum absolute atomic E-state index is 12.3. The van der Waals surface area contributed by atoms with Gasteiger partial charge in [0.25, 0.3) is 5.91 Å². The molecule has 1 aromatic carbocycles. The highest BCUT2D eigenvalue weighted by atomic mass is 16.3. The van der Waals surface area contributed by atoms with E-state index in [1.165, 1.54) is 0 Å². The van der Waals surface area contributed by atoms with Crippen LogP contribution in [0.25, 0.3) is 0 Å². The fourth-order valence-electron chi connectivity index (χ4n) is 2.41. The smallest absolute Gasteiger partial charge is 0.316 e. The number of carbonyl (C=O) groups is 2. The second-order valence-electron chi connectivity index (χ2n) is 5.39. The number of β-amino-alcohol motifs (C(OH)–C–C–N with tert-alkyl or cyclic N) is 1. The van der Waals surface area contributed by atoms with E-state index in [0.29, 0.717) is 30.8 Å². The quantitative estimate of drug-likeness (QED) is 0.757. The van der Waals surface area contributed by atoms with Crippen LogP contribution < -0.4 is 11.1 Å². The number of amides is 3. The molecule has 0 bridgehead atoms. The molecule has 1 aromatic rings. The molecule has 1 aliphatic rings. The van der Waals surface area contributed by atoms with E-state index in [9.17, 15) is 14.7 Å². The molecule has 1 fully saturated rings. The van der Waals surface area contributed by atoms with Gasteiger partial charge in [-0.1, -0.05) is 0 Å². The van der Waals surface area contributed by atoms with Crippen molar-refractivity contribution in [2.45, 2.75) is 25.4 Å². The van der Waals surface area contributed by atoms with Gasteiger partial charge in [-0.25, -0.2) is 4.79 Å². The fraction of sp³-hybridized carbons (Fsp3) is 0.429. The number of urea groups is 1. The molecule has 1 saturated heterocycles. The Morgan fingerprint density at radius 1 is 1.35 bits per heavy atom. The maximum atomic E-state index is 12.3. The number of hydrogen-bond acceptors (Lipinski definition) is 3. The number of nitrogens with one attached hydrogen (secondary N) is 1. The van der Waals surface area contributed by atoms with Crippen LogP contribution in [0.2, 0.25) is 0 Å². The molecule has 1 aliphatic heterocycles. The SMILES string of the molecule is CC1(O)CCCN(C(=O)c2ccc(NC(N)=O)cc2)C1. The average Bonchev–Trinajstić information content (AvgIpc) is 2.37. The van der Waals surface area contributed by atoms with Gasteiger partial charge in [-0.15, -0.1) is 0 Å². The zero-order valence-corrected chi connectivity index (χ0v) is 11.4. The molecular weight excluding hydrogens is 258 g/mol. The number of benzene rings is 1. The molecular formula is C14H19N3O3. The maximum Gasteiger partial charge on any atom is 0.316 e. The molecule has 6 nitrogen and oxygen atoms in total. The van der Waals surface area contributed by atoms with E-state index in [4.69, 9.17) is 5.73 Å². The number of rotatable bonds is 2. The van der Waals surface area contributed by atoms with Gasteiger partial charge >= 0.3 is 6.03 Å². The molecule has 20 heavy (non-hydrogen) atoms. The van der Waals surface area contributed by atoms with Gasteiger partial charge in [0.1, 0.15) is 0 Å². The number of nitrogens with zero attached hydrogens (tertiary/aromatic N) is 1. The topological polar surface area (TPSA) is 95.7 Å². The number of aliphatic hydroxyl groups is 1. The molecule has 3 amide bonds. The first kappa shape index (κ1) is 14.3. The molecule has 0 aliphatic carbocycles. The van der Waals surface area contributed by atoms with E-state index < -0.39 is 11.6 Å². The molecule has 0 radical (unpaired) electrons. The first-order chi connectivity index (χ1) is 9.37. The Morgan fingerprint density at radius 3 is 2.55 bits per heavy atom. The van der Waals surface area contributed by atoms with Crippen LogP contribution in [0, 0.1) is 0 Å². The lowest BCUT2D eigenvalue weighted by atomic mass is 9.94. The lowest BCUT2D eigenvalue weighted by Gasteiger charge is -2.36. The zero-order chi connectivity index (χ0) is 14.8. The van der Waals surface area contributed by atoms with E-state index in [2.05, 4.69) is 5.32 Å². The van der Waals surface area contributed by atoms with Gasteiger partial charge in [-0.05, 0) is 44.0 Å². The summed E-state index contributed by atoms with van der Waals surface area (Å²) in [6.07, 6.45) is 1.50. The average molecular weight is 277 g/mol. The molecule has 1 unspecified atom stereocenters. The van der Waals surface area contributed by atoms with Gasteiger partial charge in [-0.3, -0.25) is 4.79 Å². The second-order valence-corrected chi connectivity index (χ2v) is 5.39. The van der Waals surface area contributed by atoms with Crippen molar-refractivity contribution in [3.05, 3.63) is 29.8 Å². The Balaban J connectivity index is 2.07. The first-order valence-corrected chi connectivity index (χ1v) is 6.56. The minimum Gasteiger partial charge on any atom is -0.388 e. The molecule has 1 atom stereocenters. The van der Waals surface area contributed by atoms with Crippen molar-refractivity contribution >= 4 is 17.6 Å².